The average Bonchev–Trinajstić information content (AvgIpc) is 3.54. The van der Waals surface area contributed by atoms with Gasteiger partial charge < -0.3 is 24.2 Å². The van der Waals surface area contributed by atoms with Crippen LogP contribution >= 0.6 is 0 Å². The fourth-order valence-electron chi connectivity index (χ4n) is 6.80. The quantitative estimate of drug-likeness (QED) is 0.520. The highest BCUT2D eigenvalue weighted by Gasteiger charge is 2.65. The van der Waals surface area contributed by atoms with Gasteiger partial charge in [0.25, 0.3) is 5.91 Å². The van der Waals surface area contributed by atoms with Crippen LogP contribution in [0.3, 0.4) is 0 Å². The van der Waals surface area contributed by atoms with Crippen LogP contribution in [0.5, 0.6) is 5.75 Å². The predicted molar refractivity (Wildman–Crippen MR) is 145 cm³/mol. The van der Waals surface area contributed by atoms with Gasteiger partial charge in [0.05, 0.1) is 25.4 Å². The number of nitrogens with zero attached hydrogens (tertiary/aromatic N) is 2. The zero-order chi connectivity index (χ0) is 27.2. The second-order valence-electron chi connectivity index (χ2n) is 10.8. The van der Waals surface area contributed by atoms with Gasteiger partial charge in [-0.15, -0.1) is 6.58 Å². The normalized spacial score (nSPS) is 26.7. The molecule has 38 heavy (non-hydrogen) atoms. The molecule has 3 aliphatic heterocycles. The third-order valence-electron chi connectivity index (χ3n) is 8.62. The lowest BCUT2D eigenvalue weighted by Crippen LogP contribution is -2.46. The lowest BCUT2D eigenvalue weighted by Gasteiger charge is -2.38. The molecule has 2 saturated heterocycles. The number of hydrogen-bond acceptors (Lipinski definition) is 6. The number of benzene rings is 2. The van der Waals surface area contributed by atoms with E-state index in [1.165, 1.54) is 0 Å². The number of ether oxygens (including phenoxy) is 3. The van der Waals surface area contributed by atoms with Crippen molar-refractivity contribution < 1.29 is 28.9 Å². The summed E-state index contributed by atoms with van der Waals surface area (Å²) in [4.78, 5) is 29.9. The standard InChI is InChI=1S/C30H36N2O6/c1-6-14-32-24-12-9-21(31-15-17-37-28(31)35)18-23(24)30(27(32)34)19(2)26(25(38-30)13-16-33)29(3,4)20-7-10-22(36-5)11-8-20/h6-12,18-19,25-26,33H,1,13-17H2,2-5H3/t19-,25+,26-,30+/m0/s1. The topological polar surface area (TPSA) is 88.5 Å². The van der Waals surface area contributed by atoms with Gasteiger partial charge in [0.2, 0.25) is 0 Å². The van der Waals surface area contributed by atoms with E-state index in [1.54, 1.807) is 23.0 Å². The van der Waals surface area contributed by atoms with Crippen LogP contribution in [0.4, 0.5) is 16.2 Å². The van der Waals surface area contributed by atoms with Crippen molar-refractivity contribution in [1.82, 2.24) is 0 Å². The summed E-state index contributed by atoms with van der Waals surface area (Å²) in [6, 6.07) is 13.6. The largest absolute Gasteiger partial charge is 0.497 e. The number of rotatable bonds is 8. The smallest absolute Gasteiger partial charge is 0.414 e. The van der Waals surface area contributed by atoms with Crippen LogP contribution in [0.25, 0.3) is 0 Å². The number of cyclic esters (lactones) is 1. The van der Waals surface area contributed by atoms with E-state index in [0.29, 0.717) is 31.8 Å². The third-order valence-corrected chi connectivity index (χ3v) is 8.62. The Hall–Kier alpha value is -3.36. The Bertz CT molecular complexity index is 1240. The number of carbonyl (C=O) groups is 2. The van der Waals surface area contributed by atoms with E-state index in [4.69, 9.17) is 14.2 Å². The van der Waals surface area contributed by atoms with Gasteiger partial charge in [0, 0.05) is 36.2 Å². The van der Waals surface area contributed by atoms with Gasteiger partial charge in [-0.2, -0.15) is 0 Å². The van der Waals surface area contributed by atoms with E-state index in [-0.39, 0.29) is 30.5 Å². The molecule has 2 aromatic rings. The van der Waals surface area contributed by atoms with E-state index >= 15 is 0 Å². The van der Waals surface area contributed by atoms with Gasteiger partial charge in [-0.25, -0.2) is 4.79 Å². The molecule has 2 fully saturated rings. The molecule has 3 heterocycles. The Labute approximate surface area is 223 Å². The summed E-state index contributed by atoms with van der Waals surface area (Å²) >= 11 is 0. The molecule has 2 aromatic carbocycles. The number of hydrogen-bond donors (Lipinski definition) is 1. The second-order valence-corrected chi connectivity index (χ2v) is 10.8. The van der Waals surface area contributed by atoms with E-state index in [9.17, 15) is 14.7 Å². The van der Waals surface area contributed by atoms with Gasteiger partial charge in [-0.1, -0.05) is 39.0 Å². The Balaban J connectivity index is 1.64. The SMILES string of the molecule is C=CCN1C(=O)[C@]2(O[C@H](CCO)[C@@H](C(C)(C)c3ccc(OC)cc3)[C@@H]2C)c2cc(N3CCOC3=O)ccc21. The summed E-state index contributed by atoms with van der Waals surface area (Å²) in [6.45, 7) is 11.3. The number of anilines is 2. The third kappa shape index (κ3) is 3.81. The molecule has 5 rings (SSSR count). The maximum atomic E-state index is 14.3. The second kappa shape index (κ2) is 9.75. The first kappa shape index (κ1) is 26.3. The van der Waals surface area contributed by atoms with Gasteiger partial charge in [0.1, 0.15) is 12.4 Å². The van der Waals surface area contributed by atoms with Crippen LogP contribution in [0.15, 0.2) is 55.1 Å². The van der Waals surface area contributed by atoms with Crippen molar-refractivity contribution in [2.45, 2.75) is 44.3 Å². The predicted octanol–water partition coefficient (Wildman–Crippen LogP) is 4.39. The number of aliphatic hydroxyl groups is 1. The van der Waals surface area contributed by atoms with Crippen molar-refractivity contribution >= 4 is 23.4 Å². The highest BCUT2D eigenvalue weighted by atomic mass is 16.6. The van der Waals surface area contributed by atoms with Gasteiger partial charge in [0.15, 0.2) is 5.60 Å². The van der Waals surface area contributed by atoms with Crippen LogP contribution in [-0.4, -0.2) is 56.6 Å². The highest BCUT2D eigenvalue weighted by Crippen LogP contribution is 2.60. The summed E-state index contributed by atoms with van der Waals surface area (Å²) in [7, 11) is 1.64. The number of amides is 2. The van der Waals surface area contributed by atoms with Gasteiger partial charge in [-0.05, 0) is 47.7 Å². The Morgan fingerprint density at radius 1 is 1.21 bits per heavy atom. The van der Waals surface area contributed by atoms with Crippen molar-refractivity contribution in [2.75, 3.05) is 43.2 Å². The molecule has 0 aliphatic carbocycles. The Kier molecular flexibility index (Phi) is 6.73. The van der Waals surface area contributed by atoms with Crippen molar-refractivity contribution in [2.24, 2.45) is 11.8 Å². The van der Waals surface area contributed by atoms with Crippen LogP contribution in [0.2, 0.25) is 0 Å². The number of fused-ring (bicyclic) bond motifs is 2. The molecule has 0 bridgehead atoms. The summed E-state index contributed by atoms with van der Waals surface area (Å²) < 4.78 is 17.4. The lowest BCUT2D eigenvalue weighted by molar-refractivity contribution is -0.146. The molecule has 0 radical (unpaired) electrons. The molecule has 3 aliphatic rings. The molecule has 4 atom stereocenters. The number of aliphatic hydroxyl groups excluding tert-OH is 1. The zero-order valence-electron chi connectivity index (χ0n) is 22.5. The van der Waals surface area contributed by atoms with Crippen LogP contribution < -0.4 is 14.5 Å². The molecular weight excluding hydrogens is 484 g/mol. The Morgan fingerprint density at radius 2 is 1.95 bits per heavy atom. The maximum Gasteiger partial charge on any atom is 0.414 e. The lowest BCUT2D eigenvalue weighted by atomic mass is 9.63. The fourth-order valence-corrected chi connectivity index (χ4v) is 6.80. The fraction of sp³-hybridized carbons (Fsp3) is 0.467. The molecule has 1 N–H and O–H groups in total. The summed E-state index contributed by atoms with van der Waals surface area (Å²) in [5.74, 6) is 0.301. The van der Waals surface area contributed by atoms with Crippen molar-refractivity contribution in [3.05, 3.63) is 66.2 Å². The van der Waals surface area contributed by atoms with Crippen LogP contribution in [0.1, 0.15) is 38.3 Å². The van der Waals surface area contributed by atoms with Crippen LogP contribution in [-0.2, 0) is 25.3 Å². The summed E-state index contributed by atoms with van der Waals surface area (Å²) in [5.41, 5.74) is 1.62. The minimum atomic E-state index is -1.26. The van der Waals surface area contributed by atoms with Gasteiger partial charge >= 0.3 is 6.09 Å². The Morgan fingerprint density at radius 3 is 2.55 bits per heavy atom. The molecule has 2 amide bonds. The zero-order valence-corrected chi connectivity index (χ0v) is 22.5. The van der Waals surface area contributed by atoms with E-state index in [2.05, 4.69) is 39.5 Å². The average molecular weight is 521 g/mol. The van der Waals surface area contributed by atoms with Crippen molar-refractivity contribution in [3.63, 3.8) is 0 Å². The first-order valence-corrected chi connectivity index (χ1v) is 13.2. The molecule has 8 heteroatoms. The van der Waals surface area contributed by atoms with E-state index in [0.717, 1.165) is 22.6 Å². The van der Waals surface area contributed by atoms with Crippen molar-refractivity contribution in [1.29, 1.82) is 0 Å². The van der Waals surface area contributed by atoms with E-state index in [1.807, 2.05) is 30.3 Å². The summed E-state index contributed by atoms with van der Waals surface area (Å²) in [6.07, 6.45) is 1.34. The minimum Gasteiger partial charge on any atom is -0.497 e. The van der Waals surface area contributed by atoms with Crippen molar-refractivity contribution in [3.8, 4) is 5.75 Å². The monoisotopic (exact) mass is 520 g/mol. The molecular formula is C30H36N2O6. The highest BCUT2D eigenvalue weighted by molar-refractivity contribution is 6.08. The summed E-state index contributed by atoms with van der Waals surface area (Å²) in [5, 5.41) is 10.0. The molecule has 0 saturated carbocycles. The first-order chi connectivity index (χ1) is 18.2. The molecule has 202 valence electrons. The number of methoxy groups -OCH3 is 1. The molecule has 8 nitrogen and oxygen atoms in total. The van der Waals surface area contributed by atoms with Gasteiger partial charge in [-0.3, -0.25) is 9.69 Å². The minimum absolute atomic E-state index is 0.0558. The van der Waals surface area contributed by atoms with Crippen LogP contribution in [0, 0.1) is 11.8 Å². The van der Waals surface area contributed by atoms with E-state index < -0.39 is 17.1 Å². The molecule has 0 unspecified atom stereocenters. The first-order valence-electron chi connectivity index (χ1n) is 13.2. The molecule has 1 spiro atoms. The maximum absolute atomic E-state index is 14.3. The number of carbonyl (C=O) groups excluding carboxylic acids is 2. The molecule has 0 aromatic heterocycles.